The molecule has 4 atom stereocenters. The summed E-state index contributed by atoms with van der Waals surface area (Å²) >= 11 is 0. The minimum Gasteiger partial charge on any atom is -0.491 e. The zero-order valence-electron chi connectivity index (χ0n) is 11.8. The number of hydrogen-bond acceptors (Lipinski definition) is 3. The van der Waals surface area contributed by atoms with E-state index in [4.69, 9.17) is 9.47 Å². The molecule has 102 valence electrons. The molecule has 3 aliphatic rings. The Labute approximate surface area is 109 Å². The lowest BCUT2D eigenvalue weighted by Crippen LogP contribution is -2.59. The molecule has 0 bridgehead atoms. The summed E-state index contributed by atoms with van der Waals surface area (Å²) in [5.74, 6) is 0.270. The third-order valence-electron chi connectivity index (χ3n) is 5.70. The Hall–Kier alpha value is -0.540. The summed E-state index contributed by atoms with van der Waals surface area (Å²) in [7, 11) is 0. The van der Waals surface area contributed by atoms with Crippen molar-refractivity contribution in [2.45, 2.75) is 63.8 Å². The van der Waals surface area contributed by atoms with E-state index >= 15 is 0 Å². The topological polar surface area (TPSA) is 38.7 Å². The highest BCUT2D eigenvalue weighted by atomic mass is 16.6. The third-order valence-corrected chi connectivity index (χ3v) is 5.70. The van der Waals surface area contributed by atoms with Crippen molar-refractivity contribution < 1.29 is 14.6 Å². The molecule has 1 spiro atoms. The van der Waals surface area contributed by atoms with Crippen molar-refractivity contribution in [3.63, 3.8) is 0 Å². The van der Waals surface area contributed by atoms with Gasteiger partial charge in [0.05, 0.1) is 18.5 Å². The van der Waals surface area contributed by atoms with Gasteiger partial charge in [-0.1, -0.05) is 6.92 Å². The van der Waals surface area contributed by atoms with E-state index in [0.29, 0.717) is 0 Å². The lowest BCUT2D eigenvalue weighted by atomic mass is 9.56. The SMILES string of the molecule is CC(C)(O)[C@@H]1CC[C@@]2(C)CO[C@]3(C)C=COC23C1. The van der Waals surface area contributed by atoms with Crippen LogP contribution < -0.4 is 0 Å². The second kappa shape index (κ2) is 3.31. The van der Waals surface area contributed by atoms with Gasteiger partial charge in [-0.2, -0.15) is 0 Å². The molecule has 1 saturated heterocycles. The molecule has 0 radical (unpaired) electrons. The summed E-state index contributed by atoms with van der Waals surface area (Å²) in [4.78, 5) is 0. The van der Waals surface area contributed by atoms with Crippen LogP contribution in [0.3, 0.4) is 0 Å². The number of aliphatic hydroxyl groups is 1. The summed E-state index contributed by atoms with van der Waals surface area (Å²) in [5, 5.41) is 10.3. The lowest BCUT2D eigenvalue weighted by Gasteiger charge is -2.52. The van der Waals surface area contributed by atoms with Crippen LogP contribution in [0, 0.1) is 11.3 Å². The van der Waals surface area contributed by atoms with Crippen LogP contribution >= 0.6 is 0 Å². The summed E-state index contributed by atoms with van der Waals surface area (Å²) in [6, 6.07) is 0. The minimum atomic E-state index is -0.647. The van der Waals surface area contributed by atoms with Crippen LogP contribution in [-0.2, 0) is 9.47 Å². The highest BCUT2D eigenvalue weighted by Crippen LogP contribution is 2.62. The van der Waals surface area contributed by atoms with Crippen molar-refractivity contribution in [2.24, 2.45) is 11.3 Å². The van der Waals surface area contributed by atoms with Crippen LogP contribution in [0.1, 0.15) is 47.0 Å². The fraction of sp³-hybridized carbons (Fsp3) is 0.867. The van der Waals surface area contributed by atoms with Gasteiger partial charge in [-0.25, -0.2) is 0 Å². The van der Waals surface area contributed by atoms with E-state index in [-0.39, 0.29) is 22.5 Å². The van der Waals surface area contributed by atoms with Crippen molar-refractivity contribution in [1.82, 2.24) is 0 Å². The first-order valence-electron chi connectivity index (χ1n) is 6.94. The number of rotatable bonds is 1. The maximum absolute atomic E-state index is 10.3. The molecule has 2 heterocycles. The molecule has 2 fully saturated rings. The Morgan fingerprint density at radius 2 is 2.06 bits per heavy atom. The quantitative estimate of drug-likeness (QED) is 0.779. The average Bonchev–Trinajstić information content (AvgIpc) is 2.68. The van der Waals surface area contributed by atoms with E-state index in [2.05, 4.69) is 13.8 Å². The fourth-order valence-electron chi connectivity index (χ4n) is 4.18. The van der Waals surface area contributed by atoms with Crippen LogP contribution in [-0.4, -0.2) is 28.5 Å². The molecule has 3 nitrogen and oxygen atoms in total. The standard InChI is InChI=1S/C15H24O3/c1-12(2,16)11-5-6-13(3)10-18-14(4)7-8-17-15(13,14)9-11/h7-8,11,16H,5-6,9-10H2,1-4H3/t11-,13+,14-,15?/m1/s1. The molecular formula is C15H24O3. The van der Waals surface area contributed by atoms with E-state index < -0.39 is 5.60 Å². The van der Waals surface area contributed by atoms with Gasteiger partial charge in [-0.3, -0.25) is 0 Å². The van der Waals surface area contributed by atoms with Gasteiger partial charge in [0.15, 0.2) is 0 Å². The van der Waals surface area contributed by atoms with E-state index in [9.17, 15) is 5.11 Å². The van der Waals surface area contributed by atoms with Gasteiger partial charge in [0, 0.05) is 5.41 Å². The van der Waals surface area contributed by atoms with E-state index in [1.165, 1.54) is 0 Å². The summed E-state index contributed by atoms with van der Waals surface area (Å²) in [5.41, 5.74) is -1.20. The molecule has 1 unspecified atom stereocenters. The van der Waals surface area contributed by atoms with Crippen LogP contribution in [0.4, 0.5) is 0 Å². The molecule has 1 aliphatic carbocycles. The van der Waals surface area contributed by atoms with Gasteiger partial charge < -0.3 is 14.6 Å². The van der Waals surface area contributed by atoms with Crippen molar-refractivity contribution >= 4 is 0 Å². The first-order valence-corrected chi connectivity index (χ1v) is 6.94. The molecule has 3 heteroatoms. The Morgan fingerprint density at radius 3 is 2.72 bits per heavy atom. The maximum Gasteiger partial charge on any atom is 0.148 e. The first kappa shape index (κ1) is 12.5. The van der Waals surface area contributed by atoms with Crippen LogP contribution in [0.5, 0.6) is 0 Å². The summed E-state index contributed by atoms with van der Waals surface area (Å²) in [6.07, 6.45) is 6.81. The zero-order valence-corrected chi connectivity index (χ0v) is 11.8. The van der Waals surface area contributed by atoms with E-state index in [1.54, 1.807) is 6.26 Å². The Balaban J connectivity index is 1.99. The van der Waals surface area contributed by atoms with Crippen LogP contribution in [0.15, 0.2) is 12.3 Å². The molecule has 2 aliphatic heterocycles. The van der Waals surface area contributed by atoms with Gasteiger partial charge in [-0.15, -0.1) is 0 Å². The van der Waals surface area contributed by atoms with Crippen molar-refractivity contribution in [3.05, 3.63) is 12.3 Å². The average molecular weight is 252 g/mol. The molecule has 0 aromatic rings. The Morgan fingerprint density at radius 1 is 1.33 bits per heavy atom. The van der Waals surface area contributed by atoms with Crippen LogP contribution in [0.25, 0.3) is 0 Å². The largest absolute Gasteiger partial charge is 0.491 e. The molecule has 0 aromatic carbocycles. The van der Waals surface area contributed by atoms with Crippen molar-refractivity contribution in [2.75, 3.05) is 6.61 Å². The van der Waals surface area contributed by atoms with Gasteiger partial charge in [-0.05, 0) is 52.0 Å². The predicted molar refractivity (Wildman–Crippen MR) is 69.1 cm³/mol. The lowest BCUT2D eigenvalue weighted by molar-refractivity contribution is -0.151. The highest BCUT2D eigenvalue weighted by Gasteiger charge is 2.70. The fourth-order valence-corrected chi connectivity index (χ4v) is 4.18. The van der Waals surface area contributed by atoms with Gasteiger partial charge in [0.25, 0.3) is 0 Å². The summed E-state index contributed by atoms with van der Waals surface area (Å²) < 4.78 is 12.2. The second-order valence-electron chi connectivity index (χ2n) is 7.30. The normalized spacial score (nSPS) is 50.8. The second-order valence-corrected chi connectivity index (χ2v) is 7.30. The minimum absolute atomic E-state index is 0.0625. The Kier molecular flexibility index (Phi) is 2.30. The smallest absolute Gasteiger partial charge is 0.148 e. The maximum atomic E-state index is 10.3. The van der Waals surface area contributed by atoms with Gasteiger partial charge in [0.1, 0.15) is 11.2 Å². The third kappa shape index (κ3) is 1.32. The van der Waals surface area contributed by atoms with Crippen LogP contribution in [0.2, 0.25) is 0 Å². The molecule has 1 N–H and O–H groups in total. The van der Waals surface area contributed by atoms with Crippen molar-refractivity contribution in [1.29, 1.82) is 0 Å². The van der Waals surface area contributed by atoms with Crippen molar-refractivity contribution in [3.8, 4) is 0 Å². The molecule has 18 heavy (non-hydrogen) atoms. The zero-order chi connectivity index (χ0) is 13.2. The van der Waals surface area contributed by atoms with Gasteiger partial charge in [0.2, 0.25) is 0 Å². The highest BCUT2D eigenvalue weighted by molar-refractivity contribution is 5.27. The summed E-state index contributed by atoms with van der Waals surface area (Å²) in [6.45, 7) is 8.96. The van der Waals surface area contributed by atoms with E-state index in [1.807, 2.05) is 19.9 Å². The van der Waals surface area contributed by atoms with Gasteiger partial charge >= 0.3 is 0 Å². The van der Waals surface area contributed by atoms with E-state index in [0.717, 1.165) is 25.9 Å². The first-order chi connectivity index (χ1) is 8.23. The predicted octanol–water partition coefficient (Wildman–Crippen LogP) is 2.64. The molecule has 3 rings (SSSR count). The molecule has 1 saturated carbocycles. The molecular weight excluding hydrogens is 228 g/mol. The molecule has 0 aromatic heterocycles. The number of ether oxygens (including phenoxy) is 2. The Bertz CT molecular complexity index is 397. The number of hydrogen-bond donors (Lipinski definition) is 1. The molecule has 0 amide bonds. The monoisotopic (exact) mass is 252 g/mol.